The zero-order valence-corrected chi connectivity index (χ0v) is 46.5. The van der Waals surface area contributed by atoms with E-state index < -0.39 is 52.7 Å². The van der Waals surface area contributed by atoms with Gasteiger partial charge in [0.05, 0.1) is 31.0 Å². The lowest BCUT2D eigenvalue weighted by molar-refractivity contribution is -0.130. The first-order valence-electron chi connectivity index (χ1n) is 25.4. The van der Waals surface area contributed by atoms with Gasteiger partial charge in [0.25, 0.3) is 14.2 Å². The molecular weight excluding hydrogens is 923 g/mol. The van der Waals surface area contributed by atoms with Gasteiger partial charge in [-0.2, -0.15) is 0 Å². The van der Waals surface area contributed by atoms with Gasteiger partial charge < -0.3 is 38.6 Å². The van der Waals surface area contributed by atoms with Crippen LogP contribution in [0.1, 0.15) is 131 Å². The van der Waals surface area contributed by atoms with Crippen LogP contribution in [0.15, 0.2) is 49.1 Å². The maximum atomic E-state index is 15.0. The van der Waals surface area contributed by atoms with E-state index in [2.05, 4.69) is 97.9 Å². The van der Waals surface area contributed by atoms with E-state index in [0.717, 1.165) is 19.3 Å². The third-order valence-corrected chi connectivity index (χ3v) is 26.0. The Balaban J connectivity index is 1.34. The van der Waals surface area contributed by atoms with Gasteiger partial charge in [-0.15, -0.1) is 0 Å². The van der Waals surface area contributed by atoms with Crippen molar-refractivity contribution in [2.24, 2.45) is 11.3 Å². The SMILES string of the molecule is C=CCOC(=O)N1CCC[C@H]1C(=O)N[C@H](C(=O)Nc1ccc(COC(=O)Nc2cc(O[Si](C(C)C)(C(C)C)C(C)C)c(OC)cc2C(=O)N2CC3(CC3)C[C@H]2CO[Si](C)(C)C(C)(C)C)cc1)C(C)CC. The minimum atomic E-state index is -2.52. The van der Waals surface area contributed by atoms with Crippen molar-refractivity contribution in [2.75, 3.05) is 44.0 Å². The van der Waals surface area contributed by atoms with Crippen LogP contribution in [0.25, 0.3) is 0 Å². The fourth-order valence-electron chi connectivity index (χ4n) is 10.0. The second-order valence-electron chi connectivity index (χ2n) is 22.3. The third kappa shape index (κ3) is 13.0. The smallest absolute Gasteiger partial charge is 0.411 e. The van der Waals surface area contributed by atoms with Crippen molar-refractivity contribution in [3.8, 4) is 11.5 Å². The Morgan fingerprint density at radius 1 is 0.900 bits per heavy atom. The molecule has 1 aliphatic carbocycles. The van der Waals surface area contributed by atoms with Gasteiger partial charge in [-0.3, -0.25) is 24.6 Å². The summed E-state index contributed by atoms with van der Waals surface area (Å²) in [7, 11) is -3.07. The lowest BCUT2D eigenvalue weighted by Gasteiger charge is -2.42. The van der Waals surface area contributed by atoms with Crippen molar-refractivity contribution in [3.05, 3.63) is 60.2 Å². The summed E-state index contributed by atoms with van der Waals surface area (Å²) < 4.78 is 30.8. The zero-order valence-electron chi connectivity index (χ0n) is 44.5. The van der Waals surface area contributed by atoms with Crippen molar-refractivity contribution in [1.29, 1.82) is 0 Å². The standard InChI is InChI=1S/C53H83N5O10Si2/c1-16-27-65-51(63)57-26-18-19-43(57)47(59)56-46(37(9)17-2)48(60)54-39-22-20-38(21-23-39)31-66-50(62)55-42-29-45(68-70(34(3)4,35(5)6)36(7)8)44(64-13)28-41(42)49(61)58-33-53(24-25-53)30-40(58)32-67-69(14,15)52(10,11)12/h16,20-23,28-29,34-37,40,43,46H,1,17-19,24-27,30-33H2,2-15H3,(H,54,60)(H,55,62)(H,56,59)/t37?,40-,43-,46-/m0/s1. The van der Waals surface area contributed by atoms with Crippen LogP contribution in [0.2, 0.25) is 34.8 Å². The number of nitrogens with zero attached hydrogens (tertiary/aromatic N) is 2. The van der Waals surface area contributed by atoms with Crippen LogP contribution < -0.4 is 25.1 Å². The van der Waals surface area contributed by atoms with Crippen LogP contribution in [0.4, 0.5) is 21.0 Å². The first-order chi connectivity index (χ1) is 32.8. The highest BCUT2D eigenvalue weighted by molar-refractivity contribution is 6.78. The first kappa shape index (κ1) is 56.0. The molecule has 0 aromatic heterocycles. The largest absolute Gasteiger partial charge is 0.540 e. The maximum absolute atomic E-state index is 15.0. The molecule has 388 valence electrons. The molecule has 2 aromatic carbocycles. The summed E-state index contributed by atoms with van der Waals surface area (Å²) in [4.78, 5) is 71.9. The van der Waals surface area contributed by atoms with E-state index in [-0.39, 0.29) is 69.4 Å². The average molecular weight is 1010 g/mol. The minimum Gasteiger partial charge on any atom is -0.540 e. The van der Waals surface area contributed by atoms with Crippen molar-refractivity contribution in [1.82, 2.24) is 15.1 Å². The summed E-state index contributed by atoms with van der Waals surface area (Å²) in [5, 5.41) is 8.74. The molecule has 1 unspecified atom stereocenters. The molecule has 5 amide bonds. The van der Waals surface area contributed by atoms with Crippen molar-refractivity contribution in [2.45, 2.75) is 174 Å². The summed E-state index contributed by atoms with van der Waals surface area (Å²) in [6.07, 6.45) is 4.84. The number of benzene rings is 2. The highest BCUT2D eigenvalue weighted by Gasteiger charge is 2.54. The fraction of sp³-hybridized carbons (Fsp3) is 0.642. The van der Waals surface area contributed by atoms with Crippen molar-refractivity contribution in [3.63, 3.8) is 0 Å². The lowest BCUT2D eigenvalue weighted by atomic mass is 9.97. The Hall–Kier alpha value is -4.88. The van der Waals surface area contributed by atoms with Gasteiger partial charge in [0, 0.05) is 24.8 Å². The van der Waals surface area contributed by atoms with Crippen LogP contribution in [0.3, 0.4) is 0 Å². The molecule has 3 fully saturated rings. The first-order valence-corrected chi connectivity index (χ1v) is 30.4. The Morgan fingerprint density at radius 2 is 1.54 bits per heavy atom. The number of amides is 5. The van der Waals surface area contributed by atoms with Crippen LogP contribution in [0.5, 0.6) is 11.5 Å². The third-order valence-electron chi connectivity index (χ3n) is 15.5. The highest BCUT2D eigenvalue weighted by Crippen LogP contribution is 2.56. The van der Waals surface area contributed by atoms with Gasteiger partial charge in [0.2, 0.25) is 11.8 Å². The molecular formula is C53H83N5O10Si2. The maximum Gasteiger partial charge on any atom is 0.411 e. The summed E-state index contributed by atoms with van der Waals surface area (Å²) >= 11 is 0. The molecule has 2 heterocycles. The van der Waals surface area contributed by atoms with Crippen LogP contribution in [-0.2, 0) is 30.1 Å². The van der Waals surface area contributed by atoms with E-state index in [1.165, 1.54) is 11.0 Å². The number of rotatable bonds is 21. The van der Waals surface area contributed by atoms with E-state index in [1.54, 1.807) is 43.5 Å². The molecule has 2 aliphatic heterocycles. The molecule has 1 saturated carbocycles. The van der Waals surface area contributed by atoms with Gasteiger partial charge in [-0.25, -0.2) is 9.59 Å². The number of likely N-dealkylation sites (tertiary alicyclic amines) is 2. The quantitative estimate of drug-likeness (QED) is 0.0806. The Bertz CT molecular complexity index is 2170. The molecule has 1 spiro atoms. The Labute approximate surface area is 419 Å². The number of carbonyl (C=O) groups is 5. The summed E-state index contributed by atoms with van der Waals surface area (Å²) in [5.74, 6) is -0.354. The monoisotopic (exact) mass is 1010 g/mol. The molecule has 3 N–H and O–H groups in total. The van der Waals surface area contributed by atoms with Crippen LogP contribution >= 0.6 is 0 Å². The van der Waals surface area contributed by atoms with Crippen LogP contribution in [0, 0.1) is 11.3 Å². The molecule has 2 saturated heterocycles. The topological polar surface area (TPSA) is 174 Å². The summed E-state index contributed by atoms with van der Waals surface area (Å²) in [6, 6.07) is 8.57. The number of anilines is 2. The molecule has 3 aliphatic rings. The number of methoxy groups -OCH3 is 1. The normalized spacial score (nSPS) is 18.7. The molecule has 0 bridgehead atoms. The predicted octanol–water partition coefficient (Wildman–Crippen LogP) is 11.3. The zero-order chi connectivity index (χ0) is 51.9. The summed E-state index contributed by atoms with van der Waals surface area (Å²) in [5.41, 5.74) is 2.50. The average Bonchev–Trinajstić information content (AvgIpc) is 3.68. The lowest BCUT2D eigenvalue weighted by Crippen LogP contribution is -2.54. The van der Waals surface area contributed by atoms with E-state index in [4.69, 9.17) is 23.1 Å². The molecule has 0 radical (unpaired) electrons. The number of hydrogen-bond donors (Lipinski definition) is 3. The van der Waals surface area contributed by atoms with Crippen molar-refractivity contribution < 1.29 is 47.0 Å². The summed E-state index contributed by atoms with van der Waals surface area (Å²) in [6.45, 7) is 33.1. The predicted molar refractivity (Wildman–Crippen MR) is 280 cm³/mol. The molecule has 70 heavy (non-hydrogen) atoms. The van der Waals surface area contributed by atoms with Crippen LogP contribution in [-0.4, -0.2) is 108 Å². The molecule has 2 aromatic rings. The molecule has 15 nitrogen and oxygen atoms in total. The van der Waals surface area contributed by atoms with E-state index in [1.807, 2.05) is 18.7 Å². The minimum absolute atomic E-state index is 0.0128. The Morgan fingerprint density at radius 3 is 2.10 bits per heavy atom. The van der Waals surface area contributed by atoms with Crippen molar-refractivity contribution >= 4 is 57.9 Å². The Kier molecular flexibility index (Phi) is 18.5. The van der Waals surface area contributed by atoms with E-state index >= 15 is 0 Å². The van der Waals surface area contributed by atoms with Gasteiger partial charge in [-0.05, 0) is 102 Å². The molecule has 4 atom stereocenters. The second kappa shape index (κ2) is 23.1. The highest BCUT2D eigenvalue weighted by atomic mass is 28.4. The second-order valence-corrected chi connectivity index (χ2v) is 32.5. The van der Waals surface area contributed by atoms with Gasteiger partial charge in [0.1, 0.15) is 31.0 Å². The van der Waals surface area contributed by atoms with Gasteiger partial charge >= 0.3 is 12.2 Å². The molecule has 17 heteroatoms. The van der Waals surface area contributed by atoms with Gasteiger partial charge in [0.15, 0.2) is 14.1 Å². The van der Waals surface area contributed by atoms with Gasteiger partial charge in [-0.1, -0.05) is 107 Å². The number of carbonyl (C=O) groups excluding carboxylic acids is 5. The number of hydrogen-bond acceptors (Lipinski definition) is 10. The number of ether oxygens (including phenoxy) is 3. The van der Waals surface area contributed by atoms with E-state index in [0.29, 0.717) is 61.7 Å². The number of nitrogens with one attached hydrogen (secondary N) is 3. The fourth-order valence-corrected chi connectivity index (χ4v) is 16.3. The molecule has 5 rings (SSSR count). The van der Waals surface area contributed by atoms with E-state index in [9.17, 15) is 24.0 Å².